The van der Waals surface area contributed by atoms with Gasteiger partial charge in [-0.25, -0.2) is 9.37 Å². The molecule has 0 aliphatic carbocycles. The average molecular weight is 260 g/mol. The van der Waals surface area contributed by atoms with E-state index in [4.69, 9.17) is 16.2 Å². The maximum atomic E-state index is 13.9. The minimum absolute atomic E-state index is 0.0500. The summed E-state index contributed by atoms with van der Waals surface area (Å²) in [5.41, 5.74) is 11.5. The molecule has 1 heterocycles. The molecule has 1 aromatic heterocycles. The molecule has 4 N–H and O–H groups in total. The number of nitrogens with two attached hydrogens (primary N) is 2. The van der Waals surface area contributed by atoms with Crippen molar-refractivity contribution < 1.29 is 9.13 Å². The van der Waals surface area contributed by atoms with Gasteiger partial charge in [-0.1, -0.05) is 24.8 Å². The van der Waals surface area contributed by atoms with Crippen LogP contribution in [0.3, 0.4) is 0 Å². The molecule has 0 amide bonds. The highest BCUT2D eigenvalue weighted by atomic mass is 19.1. The van der Waals surface area contributed by atoms with Crippen LogP contribution in [0.25, 0.3) is 11.3 Å². The summed E-state index contributed by atoms with van der Waals surface area (Å²) in [6.45, 7) is 3.92. The fraction of sp³-hybridized carbons (Fsp3) is 0.0769. The number of aromatic nitrogens is 2. The molecule has 98 valence electrons. The molecule has 0 saturated carbocycles. The number of rotatable bonds is 4. The molecule has 6 heteroatoms. The quantitative estimate of drug-likeness (QED) is 0.821. The normalized spacial score (nSPS) is 10.2. The smallest absolute Gasteiger partial charge is 0.222 e. The first-order valence-electron chi connectivity index (χ1n) is 5.54. The topological polar surface area (TPSA) is 87.0 Å². The minimum Gasteiger partial charge on any atom is -0.490 e. The Hall–Kier alpha value is -2.63. The molecule has 0 atom stereocenters. The summed E-state index contributed by atoms with van der Waals surface area (Å²) < 4.78 is 19.3. The Morgan fingerprint density at radius 2 is 2.11 bits per heavy atom. The van der Waals surface area contributed by atoms with E-state index in [0.717, 1.165) is 0 Å². The van der Waals surface area contributed by atoms with Gasteiger partial charge in [-0.15, -0.1) is 0 Å². The van der Waals surface area contributed by atoms with E-state index in [1.165, 1.54) is 0 Å². The van der Waals surface area contributed by atoms with Crippen LogP contribution in [-0.4, -0.2) is 16.6 Å². The minimum atomic E-state index is -0.699. The summed E-state index contributed by atoms with van der Waals surface area (Å²) in [5.74, 6) is -0.478. The number of hydrogen-bond donors (Lipinski definition) is 2. The summed E-state index contributed by atoms with van der Waals surface area (Å²) in [6.07, 6.45) is 1.62. The molecule has 0 aliphatic rings. The number of nitrogens with zero attached hydrogens (tertiary/aromatic N) is 2. The predicted octanol–water partition coefficient (Wildman–Crippen LogP) is 2.01. The van der Waals surface area contributed by atoms with E-state index >= 15 is 0 Å². The highest BCUT2D eigenvalue weighted by Crippen LogP contribution is 2.27. The van der Waals surface area contributed by atoms with E-state index in [1.807, 2.05) is 0 Å². The summed E-state index contributed by atoms with van der Waals surface area (Å²) in [7, 11) is 0. The van der Waals surface area contributed by atoms with Crippen molar-refractivity contribution in [3.05, 3.63) is 42.7 Å². The van der Waals surface area contributed by atoms with Crippen molar-refractivity contribution >= 4 is 11.8 Å². The molecule has 0 saturated heterocycles. The first-order valence-corrected chi connectivity index (χ1v) is 5.54. The van der Waals surface area contributed by atoms with Gasteiger partial charge in [0.15, 0.2) is 11.6 Å². The van der Waals surface area contributed by atoms with E-state index in [1.54, 1.807) is 30.3 Å². The second kappa shape index (κ2) is 5.34. The summed E-state index contributed by atoms with van der Waals surface area (Å²) >= 11 is 0. The molecule has 0 spiro atoms. The van der Waals surface area contributed by atoms with Gasteiger partial charge in [0.2, 0.25) is 5.95 Å². The van der Waals surface area contributed by atoms with E-state index in [9.17, 15) is 4.39 Å². The number of hydrogen-bond acceptors (Lipinski definition) is 5. The van der Waals surface area contributed by atoms with Crippen LogP contribution in [0.1, 0.15) is 0 Å². The number of benzene rings is 1. The van der Waals surface area contributed by atoms with Gasteiger partial charge >= 0.3 is 0 Å². The van der Waals surface area contributed by atoms with Crippen molar-refractivity contribution in [2.45, 2.75) is 0 Å². The van der Waals surface area contributed by atoms with Gasteiger partial charge in [0.1, 0.15) is 18.1 Å². The van der Waals surface area contributed by atoms with Crippen LogP contribution < -0.4 is 16.2 Å². The molecule has 2 aromatic rings. The van der Waals surface area contributed by atoms with Gasteiger partial charge < -0.3 is 16.2 Å². The average Bonchev–Trinajstić information content (AvgIpc) is 2.41. The first kappa shape index (κ1) is 12.8. The van der Waals surface area contributed by atoms with Crippen molar-refractivity contribution in [1.29, 1.82) is 0 Å². The third kappa shape index (κ3) is 2.79. The molecule has 0 radical (unpaired) electrons. The van der Waals surface area contributed by atoms with Crippen molar-refractivity contribution in [2.24, 2.45) is 0 Å². The molecule has 0 bridgehead atoms. The Morgan fingerprint density at radius 1 is 1.32 bits per heavy atom. The molecule has 0 fully saturated rings. The van der Waals surface area contributed by atoms with Gasteiger partial charge in [-0.05, 0) is 12.1 Å². The lowest BCUT2D eigenvalue weighted by atomic mass is 10.1. The van der Waals surface area contributed by atoms with Crippen LogP contribution in [0.4, 0.5) is 16.2 Å². The van der Waals surface area contributed by atoms with Gasteiger partial charge in [-0.2, -0.15) is 4.98 Å². The highest BCUT2D eigenvalue weighted by Gasteiger charge is 2.13. The van der Waals surface area contributed by atoms with Gasteiger partial charge in [-0.3, -0.25) is 0 Å². The molecule has 1 aromatic carbocycles. The predicted molar refractivity (Wildman–Crippen MR) is 71.9 cm³/mol. The second-order valence-corrected chi connectivity index (χ2v) is 3.76. The number of halogens is 1. The third-order valence-electron chi connectivity index (χ3n) is 2.37. The lowest BCUT2D eigenvalue weighted by Crippen LogP contribution is -2.05. The van der Waals surface area contributed by atoms with Gasteiger partial charge in [0.05, 0.1) is 0 Å². The Bertz CT molecular complexity index is 616. The summed E-state index contributed by atoms with van der Waals surface area (Å²) in [6, 6.07) is 6.80. The third-order valence-corrected chi connectivity index (χ3v) is 2.37. The Labute approximate surface area is 109 Å². The Balaban J connectivity index is 2.44. The molecule has 19 heavy (non-hydrogen) atoms. The van der Waals surface area contributed by atoms with Crippen molar-refractivity contribution in [3.63, 3.8) is 0 Å². The van der Waals surface area contributed by atoms with Crippen LogP contribution >= 0.6 is 0 Å². The van der Waals surface area contributed by atoms with E-state index < -0.39 is 5.82 Å². The first-order chi connectivity index (χ1) is 9.11. The molecular weight excluding hydrogens is 247 g/mol. The molecule has 5 nitrogen and oxygen atoms in total. The summed E-state index contributed by atoms with van der Waals surface area (Å²) in [4.78, 5) is 7.42. The lowest BCUT2D eigenvalue weighted by molar-refractivity contribution is 0.363. The van der Waals surface area contributed by atoms with E-state index in [2.05, 4.69) is 16.5 Å². The number of ether oxygens (including phenoxy) is 1. The van der Waals surface area contributed by atoms with Crippen molar-refractivity contribution in [2.75, 3.05) is 18.1 Å². The monoisotopic (exact) mass is 260 g/mol. The number of anilines is 2. The fourth-order valence-corrected chi connectivity index (χ4v) is 1.56. The summed E-state index contributed by atoms with van der Waals surface area (Å²) in [5, 5.41) is 0. The standard InChI is InChI=1S/C13H13FN4O/c1-2-6-19-9-5-3-4-8(7-9)11-10(14)12(15)18-13(16)17-11/h2-5,7H,1,6H2,(H4,15,16,17,18). The molecular formula is C13H13FN4O. The van der Waals surface area contributed by atoms with Gasteiger partial charge in [0.25, 0.3) is 0 Å². The van der Waals surface area contributed by atoms with E-state index in [-0.39, 0.29) is 17.5 Å². The van der Waals surface area contributed by atoms with Crippen LogP contribution in [0, 0.1) is 5.82 Å². The largest absolute Gasteiger partial charge is 0.490 e. The fourth-order valence-electron chi connectivity index (χ4n) is 1.56. The SMILES string of the molecule is C=CCOc1cccc(-c2nc(N)nc(N)c2F)c1. The lowest BCUT2D eigenvalue weighted by Gasteiger charge is -2.08. The molecule has 2 rings (SSSR count). The zero-order valence-corrected chi connectivity index (χ0v) is 10.1. The van der Waals surface area contributed by atoms with Crippen molar-refractivity contribution in [3.8, 4) is 17.0 Å². The Morgan fingerprint density at radius 3 is 2.84 bits per heavy atom. The van der Waals surface area contributed by atoms with Crippen LogP contribution in [0.2, 0.25) is 0 Å². The highest BCUT2D eigenvalue weighted by molar-refractivity contribution is 5.65. The number of nitrogen functional groups attached to an aromatic ring is 2. The van der Waals surface area contributed by atoms with Crippen molar-refractivity contribution in [1.82, 2.24) is 9.97 Å². The zero-order chi connectivity index (χ0) is 13.8. The maximum Gasteiger partial charge on any atom is 0.222 e. The Kier molecular flexibility index (Phi) is 3.61. The van der Waals surface area contributed by atoms with E-state index in [0.29, 0.717) is 17.9 Å². The maximum absolute atomic E-state index is 13.9. The molecule has 0 aliphatic heterocycles. The van der Waals surface area contributed by atoms with Gasteiger partial charge in [0, 0.05) is 5.56 Å². The van der Waals surface area contributed by atoms with Crippen LogP contribution in [-0.2, 0) is 0 Å². The second-order valence-electron chi connectivity index (χ2n) is 3.76. The van der Waals surface area contributed by atoms with Crippen LogP contribution in [0.15, 0.2) is 36.9 Å². The molecule has 0 unspecified atom stereocenters. The van der Waals surface area contributed by atoms with Crippen LogP contribution in [0.5, 0.6) is 5.75 Å². The zero-order valence-electron chi connectivity index (χ0n) is 10.1.